The Morgan fingerprint density at radius 3 is 2.44 bits per heavy atom. The average molecular weight is 340 g/mol. The van der Waals surface area contributed by atoms with Crippen LogP contribution in [-0.4, -0.2) is 23.0 Å². The average Bonchev–Trinajstić information content (AvgIpc) is 2.54. The van der Waals surface area contributed by atoms with E-state index in [2.05, 4.69) is 0 Å². The Bertz CT molecular complexity index is 1070. The second-order valence-corrected chi connectivity index (χ2v) is 6.02. The monoisotopic (exact) mass is 340 g/mol. The van der Waals surface area contributed by atoms with Gasteiger partial charge in [0.2, 0.25) is 5.43 Å². The Hall–Kier alpha value is -3.15. The van der Waals surface area contributed by atoms with Crippen LogP contribution >= 0.6 is 0 Å². The summed E-state index contributed by atoms with van der Waals surface area (Å²) in [5, 5.41) is 9.43. The van der Waals surface area contributed by atoms with E-state index in [1.165, 1.54) is 31.2 Å². The van der Waals surface area contributed by atoms with Crippen molar-refractivity contribution in [3.63, 3.8) is 0 Å². The van der Waals surface area contributed by atoms with Crippen LogP contribution < -0.4 is 10.2 Å². The van der Waals surface area contributed by atoms with Gasteiger partial charge in [0.15, 0.2) is 5.78 Å². The number of carboxylic acid groups (broad SMARTS) is 1. The van der Waals surface area contributed by atoms with Crippen LogP contribution in [0.15, 0.2) is 39.5 Å². The molecule has 6 heteroatoms. The quantitative estimate of drug-likeness (QED) is 0.576. The predicted octanol–water partition coefficient (Wildman–Crippen LogP) is 3.63. The zero-order valence-electron chi connectivity index (χ0n) is 14.0. The van der Waals surface area contributed by atoms with Gasteiger partial charge in [-0.05, 0) is 51.1 Å². The molecule has 0 saturated heterocycles. The lowest BCUT2D eigenvalue weighted by Crippen LogP contribution is -2.10. The highest BCUT2D eigenvalue weighted by atomic mass is 16.5. The van der Waals surface area contributed by atoms with Crippen LogP contribution in [-0.2, 0) is 0 Å². The summed E-state index contributed by atoms with van der Waals surface area (Å²) in [5.74, 6) is -1.01. The number of fused-ring (bicyclic) bond motifs is 2. The summed E-state index contributed by atoms with van der Waals surface area (Å²) in [4.78, 5) is 36.0. The highest BCUT2D eigenvalue weighted by Gasteiger charge is 2.17. The number of benzene rings is 2. The fraction of sp³-hybridized carbons (Fsp3) is 0.211. The van der Waals surface area contributed by atoms with E-state index >= 15 is 0 Å². The standard InChI is InChI=1S/C19H16O6/c1-9(2)24-12-7-13(10(3)20)18-15(8-12)17(21)14-6-11(19(22)23)4-5-16(14)25-18/h4-9H,1-3H3,(H,22,23). The first-order chi connectivity index (χ1) is 11.8. The SMILES string of the molecule is CC(=O)c1cc(OC(C)C)cc2c(=O)c3cc(C(=O)O)ccc3oc12. The van der Waals surface area contributed by atoms with Crippen molar-refractivity contribution < 1.29 is 23.8 Å². The number of hydrogen-bond acceptors (Lipinski definition) is 5. The maximum atomic E-state index is 12.9. The molecular formula is C19H16O6. The summed E-state index contributed by atoms with van der Waals surface area (Å²) in [5.41, 5.74) is 0.220. The van der Waals surface area contributed by atoms with Crippen LogP contribution in [0.3, 0.4) is 0 Å². The van der Waals surface area contributed by atoms with Crippen molar-refractivity contribution in [2.75, 3.05) is 0 Å². The molecule has 2 aromatic carbocycles. The number of hydrogen-bond donors (Lipinski definition) is 1. The van der Waals surface area contributed by atoms with Crippen molar-refractivity contribution in [3.8, 4) is 5.75 Å². The highest BCUT2D eigenvalue weighted by Crippen LogP contribution is 2.28. The molecule has 0 aliphatic carbocycles. The Kier molecular flexibility index (Phi) is 4.04. The maximum Gasteiger partial charge on any atom is 0.335 e. The zero-order chi connectivity index (χ0) is 18.3. The minimum atomic E-state index is -1.14. The Morgan fingerprint density at radius 1 is 1.12 bits per heavy atom. The van der Waals surface area contributed by atoms with Crippen LogP contribution in [0.25, 0.3) is 21.9 Å². The van der Waals surface area contributed by atoms with Crippen LogP contribution in [0.4, 0.5) is 0 Å². The predicted molar refractivity (Wildman–Crippen MR) is 92.7 cm³/mol. The highest BCUT2D eigenvalue weighted by molar-refractivity contribution is 6.07. The molecule has 3 rings (SSSR count). The Morgan fingerprint density at radius 2 is 1.84 bits per heavy atom. The van der Waals surface area contributed by atoms with Gasteiger partial charge in [0, 0.05) is 0 Å². The normalized spacial score (nSPS) is 11.2. The van der Waals surface area contributed by atoms with Crippen LogP contribution in [0, 0.1) is 0 Å². The van der Waals surface area contributed by atoms with Crippen molar-refractivity contribution in [2.24, 2.45) is 0 Å². The summed E-state index contributed by atoms with van der Waals surface area (Å²) < 4.78 is 11.4. The van der Waals surface area contributed by atoms with E-state index in [4.69, 9.17) is 14.3 Å². The summed E-state index contributed by atoms with van der Waals surface area (Å²) in [6.45, 7) is 5.05. The number of ketones is 1. The van der Waals surface area contributed by atoms with Gasteiger partial charge in [-0.15, -0.1) is 0 Å². The number of rotatable bonds is 4. The lowest BCUT2D eigenvalue weighted by molar-refractivity contribution is 0.0697. The van der Waals surface area contributed by atoms with Gasteiger partial charge >= 0.3 is 5.97 Å². The van der Waals surface area contributed by atoms with Gasteiger partial charge in [-0.1, -0.05) is 0 Å². The van der Waals surface area contributed by atoms with Crippen molar-refractivity contribution >= 4 is 33.7 Å². The topological polar surface area (TPSA) is 93.8 Å². The van der Waals surface area contributed by atoms with Crippen LogP contribution in [0.5, 0.6) is 5.75 Å². The molecule has 0 saturated carbocycles. The van der Waals surface area contributed by atoms with Gasteiger partial charge in [0.05, 0.1) is 28.0 Å². The summed E-state index contributed by atoms with van der Waals surface area (Å²) >= 11 is 0. The van der Waals surface area contributed by atoms with Gasteiger partial charge in [0.1, 0.15) is 16.9 Å². The lowest BCUT2D eigenvalue weighted by atomic mass is 10.0. The molecule has 128 valence electrons. The molecule has 0 bridgehead atoms. The molecule has 1 aromatic heterocycles. The maximum absolute atomic E-state index is 12.9. The smallest absolute Gasteiger partial charge is 0.335 e. The first kappa shape index (κ1) is 16.7. The Balaban J connectivity index is 2.42. The number of ether oxygens (including phenoxy) is 1. The van der Waals surface area contributed by atoms with E-state index in [1.54, 1.807) is 6.07 Å². The van der Waals surface area contributed by atoms with Crippen molar-refractivity contribution in [1.29, 1.82) is 0 Å². The van der Waals surface area contributed by atoms with E-state index in [1.807, 2.05) is 13.8 Å². The van der Waals surface area contributed by atoms with E-state index < -0.39 is 11.4 Å². The van der Waals surface area contributed by atoms with E-state index in [0.29, 0.717) is 5.75 Å². The number of carbonyl (C=O) groups excluding carboxylic acids is 1. The molecule has 0 amide bonds. The molecule has 1 heterocycles. The van der Waals surface area contributed by atoms with Gasteiger partial charge in [0.25, 0.3) is 0 Å². The molecule has 0 spiro atoms. The number of carboxylic acids is 1. The second-order valence-electron chi connectivity index (χ2n) is 6.02. The zero-order valence-corrected chi connectivity index (χ0v) is 14.0. The van der Waals surface area contributed by atoms with Crippen molar-refractivity contribution in [2.45, 2.75) is 26.9 Å². The fourth-order valence-corrected chi connectivity index (χ4v) is 2.67. The van der Waals surface area contributed by atoms with Gasteiger partial charge in [-0.3, -0.25) is 9.59 Å². The third-order valence-electron chi connectivity index (χ3n) is 3.74. The van der Waals surface area contributed by atoms with Crippen molar-refractivity contribution in [3.05, 3.63) is 51.7 Å². The van der Waals surface area contributed by atoms with Gasteiger partial charge in [-0.2, -0.15) is 0 Å². The molecule has 1 N–H and O–H groups in total. The Labute approximate surface area is 142 Å². The molecule has 0 fully saturated rings. The number of carbonyl (C=O) groups is 2. The van der Waals surface area contributed by atoms with E-state index in [9.17, 15) is 14.4 Å². The third kappa shape index (κ3) is 2.98. The van der Waals surface area contributed by atoms with Crippen LogP contribution in [0.1, 0.15) is 41.5 Å². The van der Waals surface area contributed by atoms with Gasteiger partial charge in [-0.25, -0.2) is 4.79 Å². The molecule has 0 aliphatic heterocycles. The number of aromatic carboxylic acids is 1. The molecule has 25 heavy (non-hydrogen) atoms. The summed E-state index contributed by atoms with van der Waals surface area (Å²) in [7, 11) is 0. The molecule has 0 aliphatic rings. The first-order valence-electron chi connectivity index (χ1n) is 7.73. The van der Waals surface area contributed by atoms with E-state index in [0.717, 1.165) is 0 Å². The fourth-order valence-electron chi connectivity index (χ4n) is 2.67. The summed E-state index contributed by atoms with van der Waals surface area (Å²) in [6.07, 6.45) is -0.136. The van der Waals surface area contributed by atoms with E-state index in [-0.39, 0.29) is 45.0 Å². The third-order valence-corrected chi connectivity index (χ3v) is 3.74. The first-order valence-corrected chi connectivity index (χ1v) is 7.73. The molecule has 0 radical (unpaired) electrons. The lowest BCUT2D eigenvalue weighted by Gasteiger charge is -2.12. The minimum absolute atomic E-state index is 0.0134. The van der Waals surface area contributed by atoms with Crippen LogP contribution in [0.2, 0.25) is 0 Å². The molecular weight excluding hydrogens is 324 g/mol. The molecule has 0 atom stereocenters. The molecule has 6 nitrogen and oxygen atoms in total. The number of Topliss-reactive ketones (excluding diaryl/α,β-unsaturated/α-hetero) is 1. The largest absolute Gasteiger partial charge is 0.491 e. The molecule has 3 aromatic rings. The minimum Gasteiger partial charge on any atom is -0.491 e. The van der Waals surface area contributed by atoms with Gasteiger partial charge < -0.3 is 14.3 Å². The van der Waals surface area contributed by atoms with Crippen molar-refractivity contribution in [1.82, 2.24) is 0 Å². The molecule has 0 unspecified atom stereocenters. The summed E-state index contributed by atoms with van der Waals surface area (Å²) in [6, 6.07) is 7.10. The second kappa shape index (κ2) is 6.05.